The van der Waals surface area contributed by atoms with Crippen molar-refractivity contribution in [3.05, 3.63) is 20.3 Å². The molecule has 0 saturated carbocycles. The lowest BCUT2D eigenvalue weighted by Gasteiger charge is -2.30. The maximum Gasteiger partial charge on any atom is 0.402 e. The van der Waals surface area contributed by atoms with E-state index in [1.807, 2.05) is 5.32 Å². The van der Waals surface area contributed by atoms with Crippen LogP contribution in [0.3, 0.4) is 0 Å². The molecule has 1 unspecified atom stereocenters. The van der Waals surface area contributed by atoms with E-state index >= 15 is 0 Å². The molecule has 0 aliphatic heterocycles. The van der Waals surface area contributed by atoms with Crippen molar-refractivity contribution in [3.63, 3.8) is 0 Å². The summed E-state index contributed by atoms with van der Waals surface area (Å²) in [5.41, 5.74) is -0.321. The van der Waals surface area contributed by atoms with Crippen molar-refractivity contribution < 1.29 is 26.3 Å². The van der Waals surface area contributed by atoms with E-state index in [4.69, 9.17) is 23.2 Å². The van der Waals surface area contributed by atoms with Crippen molar-refractivity contribution in [1.82, 2.24) is 5.32 Å². The summed E-state index contributed by atoms with van der Waals surface area (Å²) in [4.78, 5) is 0. The zero-order valence-corrected chi connectivity index (χ0v) is 11.5. The molecule has 0 aromatic carbocycles. The van der Waals surface area contributed by atoms with Gasteiger partial charge in [-0.2, -0.15) is 26.3 Å². The highest BCUT2D eigenvalue weighted by atomic mass is 35.5. The predicted octanol–water partition coefficient (Wildman–Crippen LogP) is 5.06. The first-order valence-electron chi connectivity index (χ1n) is 4.74. The standard InChI is InChI=1S/C9H7Cl2F6NS/c1-18-5(3-2-4(10)19-7(3)11)6(8(12,13)14)9(15,16)17/h2,5-6,18H,1H3. The molecule has 1 aromatic rings. The minimum Gasteiger partial charge on any atom is -0.312 e. The normalized spacial score (nSPS) is 15.1. The van der Waals surface area contributed by atoms with Crippen LogP contribution in [0, 0.1) is 5.92 Å². The Hall–Kier alpha value is -0.180. The van der Waals surface area contributed by atoms with Crippen LogP contribution in [0.4, 0.5) is 26.3 Å². The molecule has 1 aromatic heterocycles. The highest BCUT2D eigenvalue weighted by Gasteiger charge is 2.60. The summed E-state index contributed by atoms with van der Waals surface area (Å²) in [5, 5.41) is 2.01. The molecule has 19 heavy (non-hydrogen) atoms. The Morgan fingerprint density at radius 2 is 1.58 bits per heavy atom. The van der Waals surface area contributed by atoms with Crippen molar-refractivity contribution in [2.45, 2.75) is 18.4 Å². The van der Waals surface area contributed by atoms with Gasteiger partial charge in [-0.15, -0.1) is 11.3 Å². The fraction of sp³-hybridized carbons (Fsp3) is 0.556. The average molecular weight is 346 g/mol. The van der Waals surface area contributed by atoms with Crippen LogP contribution in [0.2, 0.25) is 8.67 Å². The molecule has 0 saturated heterocycles. The van der Waals surface area contributed by atoms with Gasteiger partial charge in [0.15, 0.2) is 5.92 Å². The molecule has 0 bridgehead atoms. The number of halogens is 8. The highest BCUT2D eigenvalue weighted by Crippen LogP contribution is 2.49. The molecule has 1 heterocycles. The third-order valence-corrected chi connectivity index (χ3v) is 3.89. The summed E-state index contributed by atoms with van der Waals surface area (Å²) < 4.78 is 75.7. The molecule has 0 fully saturated rings. The van der Waals surface area contributed by atoms with E-state index in [1.54, 1.807) is 0 Å². The van der Waals surface area contributed by atoms with Gasteiger partial charge >= 0.3 is 12.4 Å². The molecule has 10 heteroatoms. The topological polar surface area (TPSA) is 12.0 Å². The lowest BCUT2D eigenvalue weighted by atomic mass is 9.93. The van der Waals surface area contributed by atoms with Crippen LogP contribution in [0.5, 0.6) is 0 Å². The van der Waals surface area contributed by atoms with Gasteiger partial charge in [0.2, 0.25) is 0 Å². The summed E-state index contributed by atoms with van der Waals surface area (Å²) >= 11 is 11.9. The molecule has 0 spiro atoms. The first kappa shape index (κ1) is 16.9. The second kappa shape index (κ2) is 5.67. The van der Waals surface area contributed by atoms with Crippen molar-refractivity contribution >= 4 is 34.5 Å². The van der Waals surface area contributed by atoms with Crippen molar-refractivity contribution in [2.75, 3.05) is 7.05 Å². The SMILES string of the molecule is CNC(c1cc(Cl)sc1Cl)C(C(F)(F)F)C(F)(F)F. The fourth-order valence-corrected chi connectivity index (χ4v) is 3.18. The lowest BCUT2D eigenvalue weighted by molar-refractivity contribution is -0.292. The van der Waals surface area contributed by atoms with Crippen LogP contribution >= 0.6 is 34.5 Å². The Balaban J connectivity index is 3.29. The lowest BCUT2D eigenvalue weighted by Crippen LogP contribution is -2.45. The number of hydrogen-bond donors (Lipinski definition) is 1. The van der Waals surface area contributed by atoms with Gasteiger partial charge in [-0.05, 0) is 13.1 Å². The quantitative estimate of drug-likeness (QED) is 0.755. The van der Waals surface area contributed by atoms with Crippen molar-refractivity contribution in [3.8, 4) is 0 Å². The maximum atomic E-state index is 12.6. The Labute approximate surface area is 118 Å². The second-order valence-electron chi connectivity index (χ2n) is 3.61. The molecule has 0 amide bonds. The van der Waals surface area contributed by atoms with Gasteiger partial charge in [0, 0.05) is 5.56 Å². The zero-order valence-electron chi connectivity index (χ0n) is 9.16. The first-order chi connectivity index (χ1) is 8.48. The Morgan fingerprint density at radius 1 is 1.11 bits per heavy atom. The van der Waals surface area contributed by atoms with Crippen LogP contribution in [-0.4, -0.2) is 19.4 Å². The molecule has 1 atom stereocenters. The van der Waals surface area contributed by atoms with Gasteiger partial charge in [0.1, 0.15) is 0 Å². The molecule has 0 aliphatic carbocycles. The monoisotopic (exact) mass is 345 g/mol. The third kappa shape index (κ3) is 3.90. The van der Waals surface area contributed by atoms with E-state index in [2.05, 4.69) is 0 Å². The summed E-state index contributed by atoms with van der Waals surface area (Å²) in [6.07, 6.45) is -10.9. The van der Waals surface area contributed by atoms with Gasteiger partial charge in [-0.1, -0.05) is 23.2 Å². The van der Waals surface area contributed by atoms with Gasteiger partial charge in [-0.3, -0.25) is 0 Å². The van der Waals surface area contributed by atoms with Gasteiger partial charge in [0.05, 0.1) is 14.7 Å². The number of rotatable bonds is 3. The van der Waals surface area contributed by atoms with Crippen LogP contribution < -0.4 is 5.32 Å². The van der Waals surface area contributed by atoms with E-state index in [1.165, 1.54) is 0 Å². The van der Waals surface area contributed by atoms with E-state index in [9.17, 15) is 26.3 Å². The number of hydrogen-bond acceptors (Lipinski definition) is 2. The zero-order chi connectivity index (χ0) is 15.0. The van der Waals surface area contributed by atoms with E-state index in [0.29, 0.717) is 11.3 Å². The summed E-state index contributed by atoms with van der Waals surface area (Å²) in [7, 11) is 0.997. The molecule has 1 nitrogen and oxygen atoms in total. The molecule has 1 rings (SSSR count). The van der Waals surface area contributed by atoms with Crippen molar-refractivity contribution in [1.29, 1.82) is 0 Å². The third-order valence-electron chi connectivity index (χ3n) is 2.37. The van der Waals surface area contributed by atoms with E-state index in [0.717, 1.165) is 13.1 Å². The molecule has 1 N–H and O–H groups in total. The summed E-state index contributed by atoms with van der Waals surface area (Å²) in [5.74, 6) is -3.56. The Bertz CT molecular complexity index is 427. The van der Waals surface area contributed by atoms with E-state index < -0.39 is 24.3 Å². The second-order valence-corrected chi connectivity index (χ2v) is 5.89. The maximum absolute atomic E-state index is 12.6. The van der Waals surface area contributed by atoms with Crippen molar-refractivity contribution in [2.24, 2.45) is 5.92 Å². The number of alkyl halides is 6. The Morgan fingerprint density at radius 3 is 1.84 bits per heavy atom. The Kier molecular flexibility index (Phi) is 5.03. The smallest absolute Gasteiger partial charge is 0.312 e. The van der Waals surface area contributed by atoms with Crippen LogP contribution in [0.15, 0.2) is 6.07 Å². The minimum absolute atomic E-state index is 0.0170. The van der Waals surface area contributed by atoms with Crippen LogP contribution in [0.25, 0.3) is 0 Å². The summed E-state index contributed by atoms with van der Waals surface area (Å²) in [6.45, 7) is 0. The highest BCUT2D eigenvalue weighted by molar-refractivity contribution is 7.20. The molecule has 0 radical (unpaired) electrons. The fourth-order valence-electron chi connectivity index (χ4n) is 1.63. The number of thiophene rings is 1. The molecule has 110 valence electrons. The predicted molar refractivity (Wildman–Crippen MR) is 61.7 cm³/mol. The molecular formula is C9H7Cl2F6NS. The van der Waals surface area contributed by atoms with Gasteiger partial charge in [0.25, 0.3) is 0 Å². The van der Waals surface area contributed by atoms with E-state index in [-0.39, 0.29) is 14.2 Å². The molecule has 0 aliphatic rings. The largest absolute Gasteiger partial charge is 0.402 e. The average Bonchev–Trinajstić information content (AvgIpc) is 2.49. The minimum atomic E-state index is -5.45. The van der Waals surface area contributed by atoms with Gasteiger partial charge < -0.3 is 5.32 Å². The number of nitrogens with one attached hydrogen (secondary N) is 1. The van der Waals surface area contributed by atoms with Crippen LogP contribution in [0.1, 0.15) is 11.6 Å². The summed E-state index contributed by atoms with van der Waals surface area (Å²) in [6, 6.07) is -1.04. The van der Waals surface area contributed by atoms with Crippen LogP contribution in [-0.2, 0) is 0 Å². The van der Waals surface area contributed by atoms with Gasteiger partial charge in [-0.25, -0.2) is 0 Å². The first-order valence-corrected chi connectivity index (χ1v) is 6.31. The molecular weight excluding hydrogens is 339 g/mol.